The van der Waals surface area contributed by atoms with Crippen LogP contribution in [0.1, 0.15) is 71.1 Å². The van der Waals surface area contributed by atoms with Gasteiger partial charge in [0, 0.05) is 0 Å². The van der Waals surface area contributed by atoms with Crippen molar-refractivity contribution >= 4 is 16.4 Å². The third kappa shape index (κ3) is 24.4. The summed E-state index contributed by atoms with van der Waals surface area (Å²) in [5.41, 5.74) is -1.31. The Kier molecular flexibility index (Phi) is 25.9. The molecule has 0 unspecified atom stereocenters. The summed E-state index contributed by atoms with van der Waals surface area (Å²) >= 11 is 0. The molecule has 0 aromatic carbocycles. The molecule has 0 atom stereocenters. The molecular weight excluding hydrogens is 429 g/mol. The minimum Gasteiger partial charge on any atom is -0.726 e. The molecule has 10 nitrogen and oxygen atoms in total. The van der Waals surface area contributed by atoms with E-state index in [9.17, 15) is 17.8 Å². The van der Waals surface area contributed by atoms with Crippen molar-refractivity contribution in [2.24, 2.45) is 0 Å². The van der Waals surface area contributed by atoms with Crippen molar-refractivity contribution in [3.05, 3.63) is 0 Å². The number of carbonyl (C=O) groups is 1. The Morgan fingerprint density at radius 1 is 0.900 bits per heavy atom. The minimum absolute atomic E-state index is 0. The number of hydrogen-bond donors (Lipinski definition) is 5. The molecule has 0 aliphatic heterocycles. The van der Waals surface area contributed by atoms with Crippen LogP contribution in [0, 0.1) is 0 Å². The largest absolute Gasteiger partial charge is 1.00 e. The second kappa shape index (κ2) is 22.4. The van der Waals surface area contributed by atoms with Crippen LogP contribution in [0.2, 0.25) is 0 Å². The summed E-state index contributed by atoms with van der Waals surface area (Å²) in [5.74, 6) is -1.12. The van der Waals surface area contributed by atoms with Crippen LogP contribution in [0.3, 0.4) is 0 Å². The SMILES string of the molecule is CCCCCCCCCCCCOS(=O)(=O)[O-].O=C(O)CNC(CO)(CO)CO.[Na+]. The first kappa shape index (κ1) is 34.8. The standard InChI is InChI=1S/C12H26O4S.C6H13NO5.Na/c1-2-3-4-5-6-7-8-9-10-11-12-16-17(13,14)15;8-2-6(3-9,4-10)7-1-5(11)12;/h2-12H2,1H3,(H,13,14,15);7-10H,1-4H2,(H,11,12);/q;;+1/p-1. The van der Waals surface area contributed by atoms with Gasteiger partial charge in [0.15, 0.2) is 0 Å². The molecule has 12 heteroatoms. The van der Waals surface area contributed by atoms with Gasteiger partial charge in [0.25, 0.3) is 0 Å². The van der Waals surface area contributed by atoms with Crippen LogP contribution >= 0.6 is 0 Å². The van der Waals surface area contributed by atoms with E-state index in [2.05, 4.69) is 16.4 Å². The first-order valence-corrected chi connectivity index (χ1v) is 11.4. The summed E-state index contributed by atoms with van der Waals surface area (Å²) in [6, 6.07) is 0. The number of aliphatic hydroxyl groups is 3. The molecule has 0 spiro atoms. The molecule has 0 bridgehead atoms. The van der Waals surface area contributed by atoms with Crippen molar-refractivity contribution < 1.29 is 71.9 Å². The molecule has 0 aromatic heterocycles. The van der Waals surface area contributed by atoms with Gasteiger partial charge in [-0.1, -0.05) is 64.7 Å². The van der Waals surface area contributed by atoms with Gasteiger partial charge in [0.05, 0.1) is 38.5 Å². The zero-order valence-electron chi connectivity index (χ0n) is 18.3. The van der Waals surface area contributed by atoms with Gasteiger partial charge in [0.2, 0.25) is 10.4 Å². The topological polar surface area (TPSA) is 176 Å². The fourth-order valence-corrected chi connectivity index (χ4v) is 2.65. The zero-order chi connectivity index (χ0) is 22.6. The van der Waals surface area contributed by atoms with Crippen molar-refractivity contribution in [3.63, 3.8) is 0 Å². The molecule has 0 aliphatic rings. The molecule has 0 fully saturated rings. The van der Waals surface area contributed by atoms with Crippen molar-refractivity contribution in [3.8, 4) is 0 Å². The van der Waals surface area contributed by atoms with Gasteiger partial charge in [-0.15, -0.1) is 0 Å². The quantitative estimate of drug-likeness (QED) is 0.0641. The van der Waals surface area contributed by atoms with E-state index in [1.165, 1.54) is 44.9 Å². The number of hydrogen-bond acceptors (Lipinski definition) is 9. The second-order valence-electron chi connectivity index (χ2n) is 6.91. The third-order valence-corrected chi connectivity index (χ3v) is 4.70. The van der Waals surface area contributed by atoms with Gasteiger partial charge in [-0.25, -0.2) is 8.42 Å². The summed E-state index contributed by atoms with van der Waals surface area (Å²) in [7, 11) is -4.48. The Morgan fingerprint density at radius 3 is 1.63 bits per heavy atom. The number of aliphatic carboxylic acids is 1. The summed E-state index contributed by atoms with van der Waals surface area (Å²) in [6.07, 6.45) is 11.7. The maximum atomic E-state index is 10.1. The normalized spacial score (nSPS) is 11.4. The van der Waals surface area contributed by atoms with Crippen molar-refractivity contribution in [1.82, 2.24) is 5.32 Å². The van der Waals surface area contributed by atoms with Gasteiger partial charge in [-0.3, -0.25) is 14.3 Å². The fraction of sp³-hybridized carbons (Fsp3) is 0.944. The van der Waals surface area contributed by atoms with Gasteiger partial charge >= 0.3 is 35.5 Å². The molecule has 0 aromatic rings. The van der Waals surface area contributed by atoms with E-state index in [0.29, 0.717) is 6.42 Å². The number of aliphatic hydroxyl groups excluding tert-OH is 3. The molecule has 0 aliphatic carbocycles. The van der Waals surface area contributed by atoms with E-state index in [1.54, 1.807) is 0 Å². The summed E-state index contributed by atoms with van der Waals surface area (Å²) in [5, 5.41) is 36.7. The third-order valence-electron chi connectivity index (χ3n) is 4.25. The van der Waals surface area contributed by atoms with Crippen LogP contribution in [-0.4, -0.2) is 77.9 Å². The predicted octanol–water partition coefficient (Wildman–Crippen LogP) is -2.24. The van der Waals surface area contributed by atoms with Crippen LogP contribution in [0.5, 0.6) is 0 Å². The first-order chi connectivity index (χ1) is 13.7. The van der Waals surface area contributed by atoms with Crippen LogP contribution < -0.4 is 34.9 Å². The molecule has 0 radical (unpaired) electrons. The molecule has 0 rings (SSSR count). The number of nitrogens with one attached hydrogen (secondary N) is 1. The molecule has 0 saturated carbocycles. The van der Waals surface area contributed by atoms with E-state index in [0.717, 1.165) is 12.8 Å². The Morgan fingerprint density at radius 2 is 1.30 bits per heavy atom. The van der Waals surface area contributed by atoms with Gasteiger partial charge < -0.3 is 25.0 Å². The maximum absolute atomic E-state index is 10.1. The summed E-state index contributed by atoms with van der Waals surface area (Å²) in [6.45, 7) is 0.266. The van der Waals surface area contributed by atoms with E-state index in [-0.39, 0.29) is 36.2 Å². The minimum atomic E-state index is -4.48. The first-order valence-electron chi connectivity index (χ1n) is 10.1. The summed E-state index contributed by atoms with van der Waals surface area (Å²) in [4.78, 5) is 10.1. The van der Waals surface area contributed by atoms with E-state index in [1.807, 2.05) is 0 Å². The predicted molar refractivity (Wildman–Crippen MR) is 107 cm³/mol. The van der Waals surface area contributed by atoms with Crippen molar-refractivity contribution in [2.75, 3.05) is 33.0 Å². The maximum Gasteiger partial charge on any atom is 1.00 e. The van der Waals surface area contributed by atoms with Crippen LogP contribution in [0.15, 0.2) is 0 Å². The Hall–Kier alpha value is 0.180. The monoisotopic (exact) mass is 467 g/mol. The number of unbranched alkanes of at least 4 members (excludes halogenated alkanes) is 9. The Labute approximate surface area is 202 Å². The van der Waals surface area contributed by atoms with Gasteiger partial charge in [-0.05, 0) is 6.42 Å². The fourth-order valence-electron chi connectivity index (χ4n) is 2.33. The molecule has 5 N–H and O–H groups in total. The van der Waals surface area contributed by atoms with E-state index < -0.39 is 48.3 Å². The number of carboxylic acids is 1. The summed E-state index contributed by atoms with van der Waals surface area (Å²) < 4.78 is 34.5. The van der Waals surface area contributed by atoms with E-state index >= 15 is 0 Å². The van der Waals surface area contributed by atoms with Gasteiger partial charge in [-0.2, -0.15) is 0 Å². The number of carboxylic acid groups (broad SMARTS) is 1. The van der Waals surface area contributed by atoms with Crippen LogP contribution in [-0.2, 0) is 19.4 Å². The van der Waals surface area contributed by atoms with E-state index in [4.69, 9.17) is 20.4 Å². The molecule has 0 heterocycles. The molecule has 30 heavy (non-hydrogen) atoms. The molecule has 176 valence electrons. The van der Waals surface area contributed by atoms with Crippen LogP contribution in [0.4, 0.5) is 0 Å². The molecule has 0 amide bonds. The van der Waals surface area contributed by atoms with Gasteiger partial charge in [0.1, 0.15) is 0 Å². The average molecular weight is 468 g/mol. The Balaban J connectivity index is -0.000000497. The molecular formula is C18H38NNaO9S. The van der Waals surface area contributed by atoms with Crippen LogP contribution in [0.25, 0.3) is 0 Å². The second-order valence-corrected chi connectivity index (χ2v) is 7.97. The smallest absolute Gasteiger partial charge is 0.726 e. The average Bonchev–Trinajstić information content (AvgIpc) is 2.67. The molecule has 0 saturated heterocycles. The zero-order valence-corrected chi connectivity index (χ0v) is 21.2. The number of rotatable bonds is 18. The van der Waals surface area contributed by atoms with Crippen molar-refractivity contribution in [1.29, 1.82) is 0 Å². The Bertz CT molecular complexity index is 480. The van der Waals surface area contributed by atoms with Crippen molar-refractivity contribution in [2.45, 2.75) is 76.7 Å².